The molecule has 70 heavy (non-hydrogen) atoms. The summed E-state index contributed by atoms with van der Waals surface area (Å²) in [5, 5.41) is 0. The summed E-state index contributed by atoms with van der Waals surface area (Å²) in [5.74, 6) is -1.71. The number of hydrogen-bond donors (Lipinski definition) is 0. The molecule has 12 rings (SSSR count). The summed E-state index contributed by atoms with van der Waals surface area (Å²) in [6.45, 7) is 25.4. The molecule has 7 aromatic carbocycles. The van der Waals surface area contributed by atoms with Gasteiger partial charge in [-0.05, 0) is 127 Å². The third-order valence-corrected chi connectivity index (χ3v) is 15.2. The lowest BCUT2D eigenvalue weighted by Gasteiger charge is -2.36. The van der Waals surface area contributed by atoms with Crippen molar-refractivity contribution in [2.45, 2.75) is 117 Å². The lowest BCUT2D eigenvalue weighted by atomic mass is 9.78. The van der Waals surface area contributed by atoms with Gasteiger partial charge in [-0.2, -0.15) is 4.57 Å². The number of imidazole rings is 1. The average Bonchev–Trinajstić information content (AvgIpc) is 3.83. The molecule has 0 amide bonds. The summed E-state index contributed by atoms with van der Waals surface area (Å²) in [5.41, 5.74) is 20.9. The lowest BCUT2D eigenvalue weighted by molar-refractivity contribution is -0.997. The Labute approximate surface area is 419 Å². The summed E-state index contributed by atoms with van der Waals surface area (Å²) >= 11 is 0. The van der Waals surface area contributed by atoms with E-state index >= 15 is 0 Å². The molecule has 4 nitrogen and oxygen atoms in total. The molecule has 0 radical (unpaired) electrons. The fourth-order valence-corrected chi connectivity index (χ4v) is 11.6. The van der Waals surface area contributed by atoms with E-state index in [1.165, 1.54) is 5.56 Å². The number of aromatic nitrogens is 3. The Kier molecular flexibility index (Phi) is 9.02. The maximum Gasteiger partial charge on any atom is 0.499 e. The number of fused-ring (bicyclic) bond motifs is 5. The largest absolute Gasteiger partial charge is 0.499 e. The molecule has 2 aromatic heterocycles. The number of nitrogens with zero attached hydrogens (tertiary/aromatic N) is 3. The van der Waals surface area contributed by atoms with Gasteiger partial charge in [0.25, 0.3) is 0 Å². The predicted molar refractivity (Wildman–Crippen MR) is 289 cm³/mol. The number of para-hydroxylation sites is 1. The monoisotopic (exact) mass is 919 g/mol. The zero-order valence-electron chi connectivity index (χ0n) is 45.8. The highest BCUT2D eigenvalue weighted by Gasteiger charge is 2.69. The topological polar surface area (TPSA) is 21.9 Å². The SMILES string of the molecule is [2H]C(C)(C)c1ccc(-c2cc[n+]3c(c2)-c2cc(-c4ccccc4)cc4c2C32Oc3c(cc(C(C)(C)C)cc3C(C)(C)C)-c3n(-c5ccc(-c6c(C([2H])(C)C)cccc6C([2H])(C)C)cc5)c5cccc-4c5[n+]32)cc1. The fraction of sp³-hybridized carbons (Fsp3) is 0.273. The molecule has 0 saturated carbocycles. The van der Waals surface area contributed by atoms with Gasteiger partial charge < -0.3 is 4.74 Å². The molecule has 9 aromatic rings. The van der Waals surface area contributed by atoms with Crippen LogP contribution >= 0.6 is 0 Å². The van der Waals surface area contributed by atoms with Crippen LogP contribution in [-0.4, -0.2) is 4.57 Å². The quantitative estimate of drug-likeness (QED) is 0.146. The second-order valence-electron chi connectivity index (χ2n) is 22.6. The van der Waals surface area contributed by atoms with Crippen molar-refractivity contribution in [3.8, 4) is 78.6 Å². The lowest BCUT2D eigenvalue weighted by Crippen LogP contribution is -2.78. The minimum Gasteiger partial charge on any atom is -0.392 e. The van der Waals surface area contributed by atoms with Crippen LogP contribution in [0.25, 0.3) is 83.9 Å². The van der Waals surface area contributed by atoms with Crippen molar-refractivity contribution in [1.82, 2.24) is 4.57 Å². The van der Waals surface area contributed by atoms with Crippen LogP contribution in [0.1, 0.15) is 138 Å². The molecular weight excluding hydrogens is 851 g/mol. The van der Waals surface area contributed by atoms with E-state index in [1.54, 1.807) is 0 Å². The zero-order chi connectivity index (χ0) is 51.5. The molecule has 0 saturated heterocycles. The second kappa shape index (κ2) is 15.5. The van der Waals surface area contributed by atoms with E-state index in [2.05, 4.69) is 207 Å². The van der Waals surface area contributed by atoms with Crippen LogP contribution < -0.4 is 13.9 Å². The van der Waals surface area contributed by atoms with Gasteiger partial charge in [0.05, 0.1) is 5.56 Å². The Hall–Kier alpha value is -7.04. The van der Waals surface area contributed by atoms with Crippen molar-refractivity contribution in [3.63, 3.8) is 0 Å². The number of ether oxygens (including phenoxy) is 1. The number of rotatable bonds is 7. The Morgan fingerprint density at radius 1 is 0.543 bits per heavy atom. The number of hydrogen-bond acceptors (Lipinski definition) is 1. The Morgan fingerprint density at radius 2 is 1.19 bits per heavy atom. The first-order valence-electron chi connectivity index (χ1n) is 26.5. The van der Waals surface area contributed by atoms with E-state index in [9.17, 15) is 2.74 Å². The molecule has 0 bridgehead atoms. The van der Waals surface area contributed by atoms with Crippen molar-refractivity contribution in [2.24, 2.45) is 0 Å². The number of benzene rings is 7. The summed E-state index contributed by atoms with van der Waals surface area (Å²) in [6, 6.07) is 55.0. The van der Waals surface area contributed by atoms with Gasteiger partial charge in [0, 0.05) is 32.9 Å². The Morgan fingerprint density at radius 3 is 1.83 bits per heavy atom. The smallest absolute Gasteiger partial charge is 0.392 e. The Bertz CT molecular complexity index is 3730. The first-order chi connectivity index (χ1) is 34.4. The molecule has 0 fully saturated rings. The number of pyridine rings is 1. The maximum atomic E-state index is 9.26. The van der Waals surface area contributed by atoms with Crippen molar-refractivity contribution in [2.75, 3.05) is 0 Å². The zero-order valence-corrected chi connectivity index (χ0v) is 42.8. The van der Waals surface area contributed by atoms with Crippen LogP contribution in [0.3, 0.4) is 0 Å². The maximum absolute atomic E-state index is 9.26. The summed E-state index contributed by atoms with van der Waals surface area (Å²) in [7, 11) is 0. The Balaban J connectivity index is 1.20. The van der Waals surface area contributed by atoms with Gasteiger partial charge in [0.15, 0.2) is 23.0 Å². The first-order valence-corrected chi connectivity index (χ1v) is 25.0. The summed E-state index contributed by atoms with van der Waals surface area (Å²) in [4.78, 5) is 0. The molecule has 4 heteroatoms. The highest BCUT2D eigenvalue weighted by Crippen LogP contribution is 2.56. The van der Waals surface area contributed by atoms with Gasteiger partial charge in [-0.15, -0.1) is 9.13 Å². The third kappa shape index (κ3) is 6.41. The van der Waals surface area contributed by atoms with E-state index in [1.807, 2.05) is 47.6 Å². The van der Waals surface area contributed by atoms with Gasteiger partial charge in [0.2, 0.25) is 5.69 Å². The van der Waals surface area contributed by atoms with Crippen molar-refractivity contribution in [3.05, 3.63) is 191 Å². The summed E-state index contributed by atoms with van der Waals surface area (Å²) in [6.07, 6.45) is 2.24. The van der Waals surface area contributed by atoms with Crippen LogP contribution in [0.5, 0.6) is 5.75 Å². The molecule has 348 valence electrons. The molecule has 0 aliphatic carbocycles. The van der Waals surface area contributed by atoms with E-state index < -0.39 is 23.5 Å². The van der Waals surface area contributed by atoms with Gasteiger partial charge in [-0.3, -0.25) is 0 Å². The molecular formula is C66H65N3O+2. The minimum atomic E-state index is -1.16. The molecule has 3 aliphatic heterocycles. The van der Waals surface area contributed by atoms with Crippen LogP contribution in [0, 0.1) is 0 Å². The van der Waals surface area contributed by atoms with Gasteiger partial charge >= 0.3 is 11.7 Å². The van der Waals surface area contributed by atoms with E-state index in [0.717, 1.165) is 117 Å². The normalized spacial score (nSPS) is 16.5. The predicted octanol–water partition coefficient (Wildman–Crippen LogP) is 16.4. The molecule has 5 heterocycles. The van der Waals surface area contributed by atoms with Crippen molar-refractivity contribution < 1.29 is 18.0 Å². The van der Waals surface area contributed by atoms with Crippen molar-refractivity contribution in [1.29, 1.82) is 0 Å². The van der Waals surface area contributed by atoms with E-state index in [-0.39, 0.29) is 10.8 Å². The molecule has 0 N–H and O–H groups in total. The van der Waals surface area contributed by atoms with Crippen molar-refractivity contribution >= 4 is 11.0 Å². The van der Waals surface area contributed by atoms with Gasteiger partial charge in [0.1, 0.15) is 16.8 Å². The average molecular weight is 919 g/mol. The minimum absolute atomic E-state index is 0.161. The van der Waals surface area contributed by atoms with Crippen LogP contribution in [0.15, 0.2) is 158 Å². The highest BCUT2D eigenvalue weighted by molar-refractivity contribution is 5.99. The summed E-state index contributed by atoms with van der Waals surface area (Å²) < 4.78 is 42.8. The highest BCUT2D eigenvalue weighted by atomic mass is 16.5. The van der Waals surface area contributed by atoms with E-state index in [4.69, 9.17) is 6.11 Å². The van der Waals surface area contributed by atoms with Crippen LogP contribution in [0.2, 0.25) is 0 Å². The fourth-order valence-electron chi connectivity index (χ4n) is 11.6. The third-order valence-electron chi connectivity index (χ3n) is 15.2. The molecule has 1 atom stereocenters. The molecule has 1 unspecified atom stereocenters. The first kappa shape index (κ1) is 40.8. The second-order valence-corrected chi connectivity index (χ2v) is 22.6. The van der Waals surface area contributed by atoms with Crippen LogP contribution in [0.4, 0.5) is 0 Å². The molecule has 1 spiro atoms. The molecule has 3 aliphatic rings. The standard InChI is InChI=1S/C66H65N3O/c1-39(2)42-24-26-44(27-25-42)46-32-33-67-58(36-46)54-35-47(43-18-14-13-15-19-43)34-53-52-22-17-23-57-61(52)69-63(55-37-48(64(7,8)9)38-56(65(10,11)12)62(55)70-66(67,69)60(53)54)68(57)49-30-28-45(29-31-49)59-50(40(3)4)20-16-21-51(59)41(5)6/h13-41H,1-12H3/q+2/i39D,40D,41D. The van der Waals surface area contributed by atoms with Gasteiger partial charge in [-0.25, -0.2) is 0 Å². The van der Waals surface area contributed by atoms with Gasteiger partial charge in [-0.1, -0.05) is 180 Å². The van der Waals surface area contributed by atoms with E-state index in [0.29, 0.717) is 0 Å². The van der Waals surface area contributed by atoms with Crippen LogP contribution in [-0.2, 0) is 16.7 Å².